The van der Waals surface area contributed by atoms with Crippen LogP contribution in [0.25, 0.3) is 0 Å². The summed E-state index contributed by atoms with van der Waals surface area (Å²) in [6.45, 7) is 1.89. The molecule has 2 N–H and O–H groups in total. The Balaban J connectivity index is 0.00000225. The van der Waals surface area contributed by atoms with Crippen LogP contribution in [0.4, 0.5) is 0 Å². The Hall–Kier alpha value is -1.46. The number of carbonyl (C=O) groups is 1. The lowest BCUT2D eigenvalue weighted by Gasteiger charge is -2.38. The average Bonchev–Trinajstić information content (AvgIpc) is 3.09. The van der Waals surface area contributed by atoms with Crippen LogP contribution in [0.15, 0.2) is 18.2 Å². The normalized spacial score (nSPS) is 17.6. The molecule has 1 aliphatic carbocycles. The van der Waals surface area contributed by atoms with Crippen molar-refractivity contribution in [2.75, 3.05) is 26.9 Å². The molecule has 0 radical (unpaired) electrons. The maximum atomic E-state index is 12.1. The van der Waals surface area contributed by atoms with Crippen molar-refractivity contribution >= 4 is 18.3 Å². The Morgan fingerprint density at radius 3 is 2.68 bits per heavy atom. The second-order valence-corrected chi connectivity index (χ2v) is 6.89. The lowest BCUT2D eigenvalue weighted by Crippen LogP contribution is -2.42. The van der Waals surface area contributed by atoms with Gasteiger partial charge in [-0.05, 0) is 50.6 Å². The molecule has 1 amide bonds. The lowest BCUT2D eigenvalue weighted by molar-refractivity contribution is -0.121. The van der Waals surface area contributed by atoms with Crippen molar-refractivity contribution in [1.82, 2.24) is 10.6 Å². The van der Waals surface area contributed by atoms with Gasteiger partial charge in [0.1, 0.15) is 0 Å². The molecule has 0 atom stereocenters. The molecule has 1 aromatic rings. The zero-order valence-electron chi connectivity index (χ0n) is 14.9. The number of ether oxygens (including phenoxy) is 2. The molecule has 1 aliphatic heterocycles. The first-order valence-electron chi connectivity index (χ1n) is 9.05. The molecule has 140 valence electrons. The highest BCUT2D eigenvalue weighted by Crippen LogP contribution is 2.43. The summed E-state index contributed by atoms with van der Waals surface area (Å²) >= 11 is 0. The molecule has 1 fully saturated rings. The van der Waals surface area contributed by atoms with Gasteiger partial charge in [0.2, 0.25) is 12.7 Å². The van der Waals surface area contributed by atoms with E-state index in [1.54, 1.807) is 0 Å². The van der Waals surface area contributed by atoms with E-state index < -0.39 is 0 Å². The lowest BCUT2D eigenvalue weighted by atomic mass is 9.69. The van der Waals surface area contributed by atoms with Gasteiger partial charge in [-0.2, -0.15) is 0 Å². The third-order valence-corrected chi connectivity index (χ3v) is 5.25. The van der Waals surface area contributed by atoms with Crippen molar-refractivity contribution in [2.24, 2.45) is 0 Å². The van der Waals surface area contributed by atoms with Gasteiger partial charge in [0.25, 0.3) is 0 Å². The Morgan fingerprint density at radius 1 is 1.16 bits per heavy atom. The molecule has 25 heavy (non-hydrogen) atoms. The minimum Gasteiger partial charge on any atom is -0.454 e. The number of halogens is 1. The number of hydrogen-bond acceptors (Lipinski definition) is 4. The Kier molecular flexibility index (Phi) is 7.38. The van der Waals surface area contributed by atoms with E-state index in [2.05, 4.69) is 22.8 Å². The zero-order chi connectivity index (χ0) is 16.8. The minimum absolute atomic E-state index is 0. The van der Waals surface area contributed by atoms with E-state index in [1.165, 1.54) is 24.8 Å². The van der Waals surface area contributed by atoms with Crippen molar-refractivity contribution < 1.29 is 14.3 Å². The molecule has 1 saturated carbocycles. The molecule has 2 aliphatic rings. The second kappa shape index (κ2) is 9.30. The number of hydrogen-bond donors (Lipinski definition) is 2. The van der Waals surface area contributed by atoms with Gasteiger partial charge in [0.05, 0.1) is 0 Å². The first kappa shape index (κ1) is 19.9. The van der Waals surface area contributed by atoms with Crippen molar-refractivity contribution in [3.8, 4) is 11.5 Å². The third-order valence-electron chi connectivity index (χ3n) is 5.25. The zero-order valence-corrected chi connectivity index (χ0v) is 15.8. The summed E-state index contributed by atoms with van der Waals surface area (Å²) in [5.74, 6) is 1.80. The van der Waals surface area contributed by atoms with Crippen LogP contribution in [0.3, 0.4) is 0 Å². The molecule has 1 heterocycles. The molecule has 0 spiro atoms. The van der Waals surface area contributed by atoms with Gasteiger partial charge < -0.3 is 20.1 Å². The van der Waals surface area contributed by atoms with E-state index in [1.807, 2.05) is 13.1 Å². The molecule has 6 heteroatoms. The van der Waals surface area contributed by atoms with E-state index >= 15 is 0 Å². The Morgan fingerprint density at radius 2 is 1.92 bits per heavy atom. The highest BCUT2D eigenvalue weighted by atomic mass is 35.5. The van der Waals surface area contributed by atoms with Gasteiger partial charge in [0, 0.05) is 18.4 Å². The third kappa shape index (κ3) is 4.79. The summed E-state index contributed by atoms with van der Waals surface area (Å²) in [6.07, 6.45) is 7.39. The van der Waals surface area contributed by atoms with Crippen LogP contribution >= 0.6 is 12.4 Å². The maximum Gasteiger partial charge on any atom is 0.231 e. The highest BCUT2D eigenvalue weighted by Gasteiger charge is 2.35. The summed E-state index contributed by atoms with van der Waals surface area (Å²) in [4.78, 5) is 12.1. The van der Waals surface area contributed by atoms with Crippen molar-refractivity contribution in [1.29, 1.82) is 0 Å². The summed E-state index contributed by atoms with van der Waals surface area (Å²) in [6, 6.07) is 6.26. The summed E-state index contributed by atoms with van der Waals surface area (Å²) in [5.41, 5.74) is 1.29. The topological polar surface area (TPSA) is 59.6 Å². The molecule has 5 nitrogen and oxygen atoms in total. The van der Waals surface area contributed by atoms with Crippen LogP contribution in [-0.4, -0.2) is 32.8 Å². The van der Waals surface area contributed by atoms with E-state index in [-0.39, 0.29) is 23.7 Å². The maximum absolute atomic E-state index is 12.1. The summed E-state index contributed by atoms with van der Waals surface area (Å²) in [7, 11) is 1.91. The first-order valence-corrected chi connectivity index (χ1v) is 9.05. The van der Waals surface area contributed by atoms with Gasteiger partial charge in [-0.25, -0.2) is 0 Å². The number of amides is 1. The molecule has 0 saturated heterocycles. The van der Waals surface area contributed by atoms with E-state index in [9.17, 15) is 4.79 Å². The van der Waals surface area contributed by atoms with E-state index in [4.69, 9.17) is 9.47 Å². The second-order valence-electron chi connectivity index (χ2n) is 6.89. The summed E-state index contributed by atoms with van der Waals surface area (Å²) < 4.78 is 11.0. The van der Waals surface area contributed by atoms with Crippen molar-refractivity contribution in [3.05, 3.63) is 23.8 Å². The molecule has 1 aromatic carbocycles. The fourth-order valence-electron chi connectivity index (χ4n) is 3.80. The largest absolute Gasteiger partial charge is 0.454 e. The average molecular weight is 369 g/mol. The van der Waals surface area contributed by atoms with E-state index in [0.717, 1.165) is 37.3 Å². The summed E-state index contributed by atoms with van der Waals surface area (Å²) in [5, 5.41) is 6.26. The van der Waals surface area contributed by atoms with Crippen molar-refractivity contribution in [3.63, 3.8) is 0 Å². The van der Waals surface area contributed by atoms with Gasteiger partial charge in [-0.3, -0.25) is 4.79 Å². The van der Waals surface area contributed by atoms with Gasteiger partial charge in [-0.15, -0.1) is 12.4 Å². The van der Waals surface area contributed by atoms with Gasteiger partial charge >= 0.3 is 0 Å². The number of fused-ring (bicyclic) bond motifs is 1. The smallest absolute Gasteiger partial charge is 0.231 e. The van der Waals surface area contributed by atoms with E-state index in [0.29, 0.717) is 19.8 Å². The predicted octanol–water partition coefficient (Wildman–Crippen LogP) is 3.15. The minimum atomic E-state index is 0. The fraction of sp³-hybridized carbons (Fsp3) is 0.632. The van der Waals surface area contributed by atoms with Crippen molar-refractivity contribution in [2.45, 2.75) is 50.4 Å². The first-order chi connectivity index (χ1) is 11.7. The quantitative estimate of drug-likeness (QED) is 0.726. The van der Waals surface area contributed by atoms with Crippen LogP contribution in [-0.2, 0) is 10.2 Å². The molecule has 0 bridgehead atoms. The number of rotatable bonds is 7. The molecular weight excluding hydrogens is 340 g/mol. The standard InChI is InChI=1S/C19H28N2O3.ClH/c1-20-11-5-6-18(22)21-13-19(9-3-2-4-10-19)15-7-8-16-17(12-15)24-14-23-16;/h7-8,12,20H,2-6,9-11,13-14H2,1H3,(H,21,22);1H. The number of carbonyl (C=O) groups excluding carboxylic acids is 1. The van der Waals surface area contributed by atoms with Crippen LogP contribution in [0.2, 0.25) is 0 Å². The predicted molar refractivity (Wildman–Crippen MR) is 101 cm³/mol. The SMILES string of the molecule is CNCCCC(=O)NCC1(c2ccc3c(c2)OCO3)CCCCC1.Cl. The number of benzene rings is 1. The van der Waals surface area contributed by atoms with Gasteiger partial charge in [-0.1, -0.05) is 25.3 Å². The fourth-order valence-corrected chi connectivity index (χ4v) is 3.80. The number of nitrogens with one attached hydrogen (secondary N) is 2. The van der Waals surface area contributed by atoms with Crippen LogP contribution in [0.1, 0.15) is 50.5 Å². The van der Waals surface area contributed by atoms with Crippen LogP contribution in [0, 0.1) is 0 Å². The Labute approximate surface area is 156 Å². The van der Waals surface area contributed by atoms with Crippen LogP contribution < -0.4 is 20.1 Å². The molecular formula is C19H29ClN2O3. The highest BCUT2D eigenvalue weighted by molar-refractivity contribution is 5.85. The molecule has 3 rings (SSSR count). The van der Waals surface area contributed by atoms with Gasteiger partial charge in [0.15, 0.2) is 11.5 Å². The monoisotopic (exact) mass is 368 g/mol. The molecule has 0 aromatic heterocycles. The van der Waals surface area contributed by atoms with Crippen LogP contribution in [0.5, 0.6) is 11.5 Å². The Bertz CT molecular complexity index is 574. The molecule has 0 unspecified atom stereocenters.